The van der Waals surface area contributed by atoms with Crippen molar-refractivity contribution in [2.24, 2.45) is 4.99 Å². The summed E-state index contributed by atoms with van der Waals surface area (Å²) < 4.78 is 7.38. The summed E-state index contributed by atoms with van der Waals surface area (Å²) in [5.41, 5.74) is 5.90. The molecule has 7 heteroatoms. The number of imidazole rings is 1. The number of nitrogens with zero attached hydrogens (tertiary/aromatic N) is 3. The maximum atomic E-state index is 5.20. The number of hydrogen-bond donors (Lipinski definition) is 2. The van der Waals surface area contributed by atoms with Gasteiger partial charge in [0.25, 0.3) is 0 Å². The van der Waals surface area contributed by atoms with Crippen molar-refractivity contribution in [1.82, 2.24) is 20.2 Å². The number of nitrogens with one attached hydrogen (secondary N) is 2. The Hall–Kier alpha value is -3.07. The van der Waals surface area contributed by atoms with Crippen molar-refractivity contribution in [1.29, 1.82) is 0 Å². The molecule has 0 aliphatic rings. The molecule has 2 N–H and O–H groups in total. The maximum Gasteiger partial charge on any atom is 0.191 e. The Kier molecular flexibility index (Phi) is 9.12. The first-order valence-electron chi connectivity index (χ1n) is 10.8. The lowest BCUT2D eigenvalue weighted by molar-refractivity contribution is 0.414. The van der Waals surface area contributed by atoms with Crippen LogP contribution < -0.4 is 15.4 Å². The van der Waals surface area contributed by atoms with Crippen molar-refractivity contribution < 1.29 is 4.74 Å². The average Bonchev–Trinajstić information content (AvgIpc) is 3.25. The Morgan fingerprint density at radius 1 is 0.909 bits per heavy atom. The number of guanidine groups is 1. The average molecular weight is 555 g/mol. The second-order valence-corrected chi connectivity index (χ2v) is 7.63. The molecule has 0 saturated carbocycles. The number of para-hydroxylation sites is 2. The third-order valence-corrected chi connectivity index (χ3v) is 5.45. The lowest BCUT2D eigenvalue weighted by Crippen LogP contribution is -2.37. The Balaban J connectivity index is 0.00000306. The third-order valence-electron chi connectivity index (χ3n) is 5.45. The van der Waals surface area contributed by atoms with Gasteiger partial charge in [0.05, 0.1) is 24.5 Å². The zero-order valence-corrected chi connectivity index (χ0v) is 21.3. The number of benzene rings is 3. The highest BCUT2D eigenvalue weighted by atomic mass is 127. The van der Waals surface area contributed by atoms with Crippen molar-refractivity contribution in [3.8, 4) is 5.75 Å². The zero-order valence-electron chi connectivity index (χ0n) is 19.0. The van der Waals surface area contributed by atoms with Gasteiger partial charge in [-0.25, -0.2) is 4.98 Å². The molecule has 172 valence electrons. The zero-order chi connectivity index (χ0) is 22.2. The molecule has 0 spiro atoms. The van der Waals surface area contributed by atoms with Gasteiger partial charge in [-0.2, -0.15) is 0 Å². The van der Waals surface area contributed by atoms with Crippen LogP contribution in [0.15, 0.2) is 84.1 Å². The van der Waals surface area contributed by atoms with Crippen LogP contribution in [0.2, 0.25) is 0 Å². The Bertz CT molecular complexity index is 1170. The molecule has 0 unspecified atom stereocenters. The van der Waals surface area contributed by atoms with E-state index >= 15 is 0 Å². The Morgan fingerprint density at radius 3 is 2.33 bits per heavy atom. The largest absolute Gasteiger partial charge is 0.497 e. The molecule has 0 bridgehead atoms. The number of halogens is 1. The van der Waals surface area contributed by atoms with Gasteiger partial charge in [0.2, 0.25) is 0 Å². The van der Waals surface area contributed by atoms with Crippen molar-refractivity contribution in [2.45, 2.75) is 19.5 Å². The number of hydrogen-bond acceptors (Lipinski definition) is 3. The van der Waals surface area contributed by atoms with E-state index in [0.29, 0.717) is 0 Å². The highest BCUT2D eigenvalue weighted by Crippen LogP contribution is 2.15. The molecule has 0 aliphatic carbocycles. The lowest BCUT2D eigenvalue weighted by atomic mass is 10.1. The van der Waals surface area contributed by atoms with Crippen molar-refractivity contribution in [3.05, 3.63) is 95.8 Å². The van der Waals surface area contributed by atoms with E-state index in [0.717, 1.165) is 48.8 Å². The van der Waals surface area contributed by atoms with E-state index < -0.39 is 0 Å². The molecule has 33 heavy (non-hydrogen) atoms. The predicted molar refractivity (Wildman–Crippen MR) is 146 cm³/mol. The van der Waals surface area contributed by atoms with Gasteiger partial charge in [0, 0.05) is 26.7 Å². The number of rotatable bonds is 8. The molecule has 4 aromatic rings. The minimum absolute atomic E-state index is 0. The monoisotopic (exact) mass is 555 g/mol. The molecule has 0 amide bonds. The normalized spacial score (nSPS) is 11.2. The van der Waals surface area contributed by atoms with Crippen LogP contribution in [0.3, 0.4) is 0 Å². The Morgan fingerprint density at radius 2 is 1.61 bits per heavy atom. The second-order valence-electron chi connectivity index (χ2n) is 7.63. The van der Waals surface area contributed by atoms with Crippen LogP contribution in [0.5, 0.6) is 5.75 Å². The van der Waals surface area contributed by atoms with Crippen LogP contribution in [-0.4, -0.2) is 36.2 Å². The van der Waals surface area contributed by atoms with E-state index in [1.807, 2.05) is 36.7 Å². The van der Waals surface area contributed by atoms with E-state index in [4.69, 9.17) is 4.74 Å². The van der Waals surface area contributed by atoms with Crippen LogP contribution in [-0.2, 0) is 19.5 Å². The molecular formula is C26H30IN5O. The quantitative estimate of drug-likeness (QED) is 0.189. The molecule has 0 fully saturated rings. The summed E-state index contributed by atoms with van der Waals surface area (Å²) in [6.45, 7) is 2.34. The third kappa shape index (κ3) is 6.71. The summed E-state index contributed by atoms with van der Waals surface area (Å²) in [6.07, 6.45) is 2.82. The van der Waals surface area contributed by atoms with Gasteiger partial charge in [0.1, 0.15) is 5.75 Å². The lowest BCUT2D eigenvalue weighted by Gasteiger charge is -2.12. The molecule has 6 nitrogen and oxygen atoms in total. The summed E-state index contributed by atoms with van der Waals surface area (Å²) in [5.74, 6) is 1.68. The minimum atomic E-state index is 0. The van der Waals surface area contributed by atoms with Crippen LogP contribution >= 0.6 is 24.0 Å². The van der Waals surface area contributed by atoms with E-state index in [9.17, 15) is 0 Å². The molecule has 0 aliphatic heterocycles. The van der Waals surface area contributed by atoms with E-state index in [-0.39, 0.29) is 24.0 Å². The second kappa shape index (κ2) is 12.2. The van der Waals surface area contributed by atoms with Crippen LogP contribution in [0.1, 0.15) is 16.7 Å². The van der Waals surface area contributed by atoms with Gasteiger partial charge >= 0.3 is 0 Å². The van der Waals surface area contributed by atoms with Gasteiger partial charge in [-0.05, 0) is 47.4 Å². The van der Waals surface area contributed by atoms with E-state index in [2.05, 4.69) is 67.6 Å². The topological polar surface area (TPSA) is 63.5 Å². The predicted octanol–water partition coefficient (Wildman–Crippen LogP) is 4.62. The van der Waals surface area contributed by atoms with Gasteiger partial charge in [-0.15, -0.1) is 24.0 Å². The van der Waals surface area contributed by atoms with Gasteiger partial charge in [0.15, 0.2) is 5.96 Å². The van der Waals surface area contributed by atoms with E-state index in [1.54, 1.807) is 14.2 Å². The first-order valence-corrected chi connectivity index (χ1v) is 10.8. The molecule has 1 aromatic heterocycles. The fourth-order valence-electron chi connectivity index (χ4n) is 3.62. The van der Waals surface area contributed by atoms with Gasteiger partial charge in [-0.1, -0.05) is 48.5 Å². The fraction of sp³-hybridized carbons (Fsp3) is 0.231. The molecule has 0 saturated heterocycles. The fourth-order valence-corrected chi connectivity index (χ4v) is 3.62. The first-order chi connectivity index (χ1) is 15.7. The van der Waals surface area contributed by atoms with Gasteiger partial charge < -0.3 is 19.9 Å². The minimum Gasteiger partial charge on any atom is -0.497 e. The van der Waals surface area contributed by atoms with Crippen molar-refractivity contribution >= 4 is 41.0 Å². The summed E-state index contributed by atoms with van der Waals surface area (Å²) in [6, 6.07) is 25.0. The molecule has 3 aromatic carbocycles. The molecule has 1 heterocycles. The molecular weight excluding hydrogens is 525 g/mol. The van der Waals surface area contributed by atoms with Crippen molar-refractivity contribution in [3.63, 3.8) is 0 Å². The van der Waals surface area contributed by atoms with Gasteiger partial charge in [-0.3, -0.25) is 4.99 Å². The number of methoxy groups -OCH3 is 1. The highest BCUT2D eigenvalue weighted by molar-refractivity contribution is 14.0. The van der Waals surface area contributed by atoms with Crippen LogP contribution in [0.25, 0.3) is 11.0 Å². The summed E-state index contributed by atoms with van der Waals surface area (Å²) >= 11 is 0. The first kappa shape index (κ1) is 24.6. The number of ether oxygens (including phenoxy) is 1. The van der Waals surface area contributed by atoms with E-state index in [1.165, 1.54) is 16.7 Å². The highest BCUT2D eigenvalue weighted by Gasteiger charge is 2.04. The molecule has 0 atom stereocenters. The number of fused-ring (bicyclic) bond motifs is 1. The number of aliphatic imine (C=N–C) groups is 1. The van der Waals surface area contributed by atoms with Crippen LogP contribution in [0, 0.1) is 0 Å². The maximum absolute atomic E-state index is 5.20. The standard InChI is InChI=1S/C26H29N5O.HI/c1-27-26(28-16-15-20-11-13-23(32-2)14-12-20)29-17-21-7-9-22(10-8-21)18-31-19-30-24-5-3-4-6-25(24)31;/h3-14,19H,15-18H2,1-2H3,(H2,27,28,29);1H. The van der Waals surface area contributed by atoms with Crippen LogP contribution in [0.4, 0.5) is 0 Å². The SMILES string of the molecule is CN=C(NCCc1ccc(OC)cc1)NCc1ccc(Cn2cnc3ccccc32)cc1.I. The Labute approximate surface area is 212 Å². The smallest absolute Gasteiger partial charge is 0.191 e. The molecule has 4 rings (SSSR count). The summed E-state index contributed by atoms with van der Waals surface area (Å²) in [5, 5.41) is 6.76. The number of aromatic nitrogens is 2. The summed E-state index contributed by atoms with van der Waals surface area (Å²) in [4.78, 5) is 8.79. The van der Waals surface area contributed by atoms with Crippen molar-refractivity contribution in [2.75, 3.05) is 20.7 Å². The summed E-state index contributed by atoms with van der Waals surface area (Å²) in [7, 11) is 3.47. The molecule has 0 radical (unpaired) electrons.